The Morgan fingerprint density at radius 3 is 1.02 bits per heavy atom. The minimum absolute atomic E-state index is 0.264. The number of rotatable bonds is 17. The van der Waals surface area contributed by atoms with Gasteiger partial charge in [-0.25, -0.2) is 0 Å². The molecule has 0 spiro atoms. The topological polar surface area (TPSA) is 78.9 Å². The van der Waals surface area contributed by atoms with Gasteiger partial charge in [0.1, 0.15) is 17.2 Å². The summed E-state index contributed by atoms with van der Waals surface area (Å²) < 4.78 is 17.6. The summed E-state index contributed by atoms with van der Waals surface area (Å²) in [5.41, 5.74) is 7.84. The standard InChI is InChI=1S/C53H60O6/c1-34(2)28-41-12-20-45(21-13-41)37(7)51(54)57-48-26-18-40(19-27-48)10-11-44-31-49(58-52(55)38(8)46-22-14-42(15-23-46)29-35(3)4)33-50(32-44)59-53(56)39(9)47-24-16-43(17-25-47)30-36(5)6/h10-27,31-39H,28-30H2,1-9H3/b11-10+. The first-order chi connectivity index (χ1) is 28.1. The summed E-state index contributed by atoms with van der Waals surface area (Å²) in [6.45, 7) is 18.6. The molecular weight excluding hydrogens is 733 g/mol. The molecule has 0 heterocycles. The second kappa shape index (κ2) is 20.8. The van der Waals surface area contributed by atoms with E-state index in [0.29, 0.717) is 29.1 Å². The van der Waals surface area contributed by atoms with Crippen molar-refractivity contribution >= 4 is 30.1 Å². The van der Waals surface area contributed by atoms with Crippen molar-refractivity contribution in [1.29, 1.82) is 0 Å². The van der Waals surface area contributed by atoms with Crippen LogP contribution >= 0.6 is 0 Å². The van der Waals surface area contributed by atoms with Gasteiger partial charge in [0, 0.05) is 6.07 Å². The van der Waals surface area contributed by atoms with Gasteiger partial charge >= 0.3 is 17.9 Å². The third-order valence-corrected chi connectivity index (χ3v) is 10.3. The van der Waals surface area contributed by atoms with E-state index in [2.05, 4.69) is 77.9 Å². The normalized spacial score (nSPS) is 13.1. The Balaban J connectivity index is 1.31. The Hall–Kier alpha value is -5.75. The van der Waals surface area contributed by atoms with Crippen LogP contribution in [0.5, 0.6) is 17.2 Å². The lowest BCUT2D eigenvalue weighted by molar-refractivity contribution is -0.136. The average molecular weight is 793 g/mol. The molecule has 5 aromatic rings. The van der Waals surface area contributed by atoms with Crippen molar-refractivity contribution in [3.8, 4) is 17.2 Å². The summed E-state index contributed by atoms with van der Waals surface area (Å²) >= 11 is 0. The molecule has 0 aliphatic heterocycles. The van der Waals surface area contributed by atoms with Gasteiger partial charge in [0.2, 0.25) is 0 Å². The molecule has 5 aromatic carbocycles. The molecule has 0 radical (unpaired) electrons. The fourth-order valence-corrected chi connectivity index (χ4v) is 6.91. The highest BCUT2D eigenvalue weighted by Gasteiger charge is 2.22. The third kappa shape index (κ3) is 13.4. The zero-order chi connectivity index (χ0) is 42.6. The van der Waals surface area contributed by atoms with Crippen LogP contribution in [-0.4, -0.2) is 17.9 Å². The molecule has 0 bridgehead atoms. The SMILES string of the molecule is CC(C)Cc1ccc(C(C)C(=O)Oc2ccc(/C=C/c3cc(OC(=O)C(C)c4ccc(CC(C)C)cc4)cc(OC(=O)C(C)c4ccc(CC(C)C)cc4)c3)cc2)cc1. The Bertz CT molecular complexity index is 2080. The second-order valence-corrected chi connectivity index (χ2v) is 17.1. The maximum atomic E-state index is 13.5. The van der Waals surface area contributed by atoms with E-state index in [-0.39, 0.29) is 17.5 Å². The van der Waals surface area contributed by atoms with Crippen molar-refractivity contribution in [3.63, 3.8) is 0 Å². The van der Waals surface area contributed by atoms with Crippen molar-refractivity contribution in [2.24, 2.45) is 17.8 Å². The van der Waals surface area contributed by atoms with Gasteiger partial charge in [0.15, 0.2) is 0 Å². The number of carbonyl (C=O) groups excluding carboxylic acids is 3. The van der Waals surface area contributed by atoms with Crippen LogP contribution in [-0.2, 0) is 33.6 Å². The fraction of sp³-hybridized carbons (Fsp3) is 0.340. The predicted molar refractivity (Wildman–Crippen MR) is 239 cm³/mol. The van der Waals surface area contributed by atoms with E-state index >= 15 is 0 Å². The van der Waals surface area contributed by atoms with Crippen LogP contribution in [0.1, 0.15) is 125 Å². The van der Waals surface area contributed by atoms with Crippen LogP contribution in [0.3, 0.4) is 0 Å². The van der Waals surface area contributed by atoms with Crippen molar-refractivity contribution in [3.05, 3.63) is 160 Å². The molecule has 0 fully saturated rings. The molecule has 0 aliphatic carbocycles. The van der Waals surface area contributed by atoms with Gasteiger partial charge in [0.25, 0.3) is 0 Å². The van der Waals surface area contributed by atoms with Crippen LogP contribution in [0, 0.1) is 17.8 Å². The molecule has 0 saturated carbocycles. The lowest BCUT2D eigenvalue weighted by Gasteiger charge is -2.15. The summed E-state index contributed by atoms with van der Waals surface area (Å²) in [5, 5.41) is 0. The van der Waals surface area contributed by atoms with Crippen LogP contribution < -0.4 is 14.2 Å². The van der Waals surface area contributed by atoms with Crippen LogP contribution in [0.25, 0.3) is 12.2 Å². The molecule has 6 heteroatoms. The highest BCUT2D eigenvalue weighted by molar-refractivity contribution is 5.83. The molecule has 6 nitrogen and oxygen atoms in total. The lowest BCUT2D eigenvalue weighted by Crippen LogP contribution is -2.18. The van der Waals surface area contributed by atoms with Gasteiger partial charge in [-0.3, -0.25) is 14.4 Å². The molecule has 3 unspecified atom stereocenters. The van der Waals surface area contributed by atoms with Crippen LogP contribution in [0.4, 0.5) is 0 Å². The maximum absolute atomic E-state index is 13.5. The van der Waals surface area contributed by atoms with E-state index in [9.17, 15) is 14.4 Å². The predicted octanol–water partition coefficient (Wildman–Crippen LogP) is 12.6. The molecule has 0 amide bonds. The Morgan fingerprint density at radius 1 is 0.390 bits per heavy atom. The van der Waals surface area contributed by atoms with Gasteiger partial charge in [-0.2, -0.15) is 0 Å². The summed E-state index contributed by atoms with van der Waals surface area (Å²) in [6, 6.07) is 36.6. The van der Waals surface area contributed by atoms with E-state index in [1.54, 1.807) is 30.3 Å². The zero-order valence-electron chi connectivity index (χ0n) is 36.2. The second-order valence-electron chi connectivity index (χ2n) is 17.1. The first kappa shape index (κ1) is 44.4. The number of hydrogen-bond acceptors (Lipinski definition) is 6. The largest absolute Gasteiger partial charge is 0.426 e. The number of ether oxygens (including phenoxy) is 3. The van der Waals surface area contributed by atoms with Gasteiger partial charge in [-0.05, 0) is 127 Å². The minimum Gasteiger partial charge on any atom is -0.426 e. The van der Waals surface area contributed by atoms with E-state index in [1.165, 1.54) is 16.7 Å². The van der Waals surface area contributed by atoms with Crippen LogP contribution in [0.15, 0.2) is 115 Å². The quantitative estimate of drug-likeness (QED) is 0.0530. The lowest BCUT2D eigenvalue weighted by atomic mass is 9.97. The van der Waals surface area contributed by atoms with E-state index < -0.39 is 29.7 Å². The smallest absolute Gasteiger partial charge is 0.318 e. The van der Waals surface area contributed by atoms with Crippen molar-refractivity contribution in [2.45, 2.75) is 99.3 Å². The van der Waals surface area contributed by atoms with Crippen molar-refractivity contribution < 1.29 is 28.6 Å². The van der Waals surface area contributed by atoms with Gasteiger partial charge in [-0.15, -0.1) is 0 Å². The Kier molecular flexibility index (Phi) is 15.6. The highest BCUT2D eigenvalue weighted by Crippen LogP contribution is 2.30. The van der Waals surface area contributed by atoms with Gasteiger partial charge in [-0.1, -0.05) is 139 Å². The summed E-state index contributed by atoms with van der Waals surface area (Å²) in [4.78, 5) is 40.0. The summed E-state index contributed by atoms with van der Waals surface area (Å²) in [5.74, 6) is 0.00186. The molecule has 3 atom stereocenters. The first-order valence-corrected chi connectivity index (χ1v) is 21.0. The molecular formula is C53H60O6. The van der Waals surface area contributed by atoms with E-state index in [0.717, 1.165) is 41.5 Å². The van der Waals surface area contributed by atoms with Crippen LogP contribution in [0.2, 0.25) is 0 Å². The molecule has 59 heavy (non-hydrogen) atoms. The minimum atomic E-state index is -0.516. The summed E-state index contributed by atoms with van der Waals surface area (Å²) in [6.07, 6.45) is 6.67. The van der Waals surface area contributed by atoms with Crippen molar-refractivity contribution in [1.82, 2.24) is 0 Å². The summed E-state index contributed by atoms with van der Waals surface area (Å²) in [7, 11) is 0. The Morgan fingerprint density at radius 2 is 0.695 bits per heavy atom. The third-order valence-electron chi connectivity index (χ3n) is 10.3. The maximum Gasteiger partial charge on any atom is 0.318 e. The average Bonchev–Trinajstić information content (AvgIpc) is 3.20. The van der Waals surface area contributed by atoms with Gasteiger partial charge < -0.3 is 14.2 Å². The zero-order valence-corrected chi connectivity index (χ0v) is 36.2. The number of benzene rings is 5. The van der Waals surface area contributed by atoms with Gasteiger partial charge in [0.05, 0.1) is 17.8 Å². The number of hydrogen-bond donors (Lipinski definition) is 0. The Labute approximate surface area is 351 Å². The fourth-order valence-electron chi connectivity index (χ4n) is 6.91. The molecule has 5 rings (SSSR count). The molecule has 308 valence electrons. The van der Waals surface area contributed by atoms with E-state index in [4.69, 9.17) is 14.2 Å². The molecule has 0 saturated heterocycles. The first-order valence-electron chi connectivity index (χ1n) is 21.0. The molecule has 0 N–H and O–H groups in total. The number of esters is 3. The molecule has 0 aliphatic rings. The monoisotopic (exact) mass is 792 g/mol. The highest BCUT2D eigenvalue weighted by atomic mass is 16.5. The van der Waals surface area contributed by atoms with Crippen molar-refractivity contribution in [2.75, 3.05) is 0 Å². The van der Waals surface area contributed by atoms with E-state index in [1.807, 2.05) is 81.5 Å². The number of carbonyl (C=O) groups is 3. The molecule has 0 aromatic heterocycles.